The van der Waals surface area contributed by atoms with Crippen LogP contribution in [0.2, 0.25) is 0 Å². The van der Waals surface area contributed by atoms with Crippen molar-refractivity contribution in [1.82, 2.24) is 19.5 Å². The number of fused-ring (bicyclic) bond motifs is 10. The van der Waals surface area contributed by atoms with E-state index in [-0.39, 0.29) is 79.0 Å². The lowest BCUT2D eigenvalue weighted by molar-refractivity contribution is 0.669. The largest absolute Gasteiger partial charge is 0.456 e. The second-order valence-corrected chi connectivity index (χ2v) is 11.7. The van der Waals surface area contributed by atoms with E-state index >= 15 is 0 Å². The highest BCUT2D eigenvalue weighted by Crippen LogP contribution is 2.41. The summed E-state index contributed by atoms with van der Waals surface area (Å²) in [5, 5.41) is 0.439. The van der Waals surface area contributed by atoms with Crippen molar-refractivity contribution in [3.05, 3.63) is 157 Å². The number of hydrogen-bond acceptors (Lipinski definition) is 5. The maximum absolute atomic E-state index is 9.35. The van der Waals surface area contributed by atoms with E-state index in [1.807, 2.05) is 0 Å². The molecule has 0 atom stereocenters. The fraction of sp³-hybridized carbons (Fsp3) is 0. The van der Waals surface area contributed by atoms with E-state index in [1.165, 1.54) is 4.57 Å². The predicted molar refractivity (Wildman–Crippen MR) is 205 cm³/mol. The van der Waals surface area contributed by atoms with Crippen LogP contribution in [0.25, 0.3) is 106 Å². The molecule has 0 aliphatic heterocycles. The molecule has 0 spiro atoms. The minimum absolute atomic E-state index is 0.00208. The number of rotatable bonds is 4. The Bertz CT molecular complexity index is 3990. The summed E-state index contributed by atoms with van der Waals surface area (Å²) in [4.78, 5) is 14.6. The maximum atomic E-state index is 9.35. The van der Waals surface area contributed by atoms with Gasteiger partial charge < -0.3 is 8.83 Å². The van der Waals surface area contributed by atoms with E-state index < -0.39 is 78.6 Å². The smallest absolute Gasteiger partial charge is 0.238 e. The molecule has 0 N–H and O–H groups in total. The molecule has 238 valence electrons. The third-order valence-corrected chi connectivity index (χ3v) is 8.84. The molecular formula is C45H26N4O2. The summed E-state index contributed by atoms with van der Waals surface area (Å²) in [6, 6.07) is 11.1. The first-order chi connectivity index (χ1) is 31.5. The molecule has 0 fully saturated rings. The lowest BCUT2D eigenvalue weighted by atomic mass is 9.99. The normalized spacial score (nSPS) is 16.0. The van der Waals surface area contributed by atoms with Crippen molar-refractivity contribution in [3.8, 4) is 39.9 Å². The summed E-state index contributed by atoms with van der Waals surface area (Å²) in [5.74, 6) is -0.0507. The fourth-order valence-electron chi connectivity index (χ4n) is 6.63. The predicted octanol–water partition coefficient (Wildman–Crippen LogP) is 11.8. The van der Waals surface area contributed by atoms with Crippen LogP contribution >= 0.6 is 0 Å². The molecule has 0 aliphatic rings. The van der Waals surface area contributed by atoms with Gasteiger partial charge >= 0.3 is 0 Å². The van der Waals surface area contributed by atoms with Gasteiger partial charge in [0.1, 0.15) is 22.3 Å². The Hall–Kier alpha value is -7.05. The van der Waals surface area contributed by atoms with Gasteiger partial charge in [0.15, 0.2) is 17.2 Å². The molecule has 7 aromatic carbocycles. The van der Waals surface area contributed by atoms with Gasteiger partial charge in [-0.25, -0.2) is 4.98 Å². The van der Waals surface area contributed by atoms with Crippen LogP contribution in [-0.2, 0) is 0 Å². The molecule has 0 aliphatic carbocycles. The first-order valence-electron chi connectivity index (χ1n) is 23.2. The first kappa shape index (κ1) is 17.1. The molecule has 0 bridgehead atoms. The summed E-state index contributed by atoms with van der Waals surface area (Å²) >= 11 is 0. The van der Waals surface area contributed by atoms with Crippen LogP contribution in [0.3, 0.4) is 0 Å². The number of furan rings is 2. The Morgan fingerprint density at radius 1 is 0.490 bits per heavy atom. The van der Waals surface area contributed by atoms with Gasteiger partial charge in [-0.3, -0.25) is 4.57 Å². The Morgan fingerprint density at radius 2 is 1.25 bits per heavy atom. The topological polar surface area (TPSA) is 69.9 Å². The molecule has 0 radical (unpaired) electrons. The van der Waals surface area contributed by atoms with Crippen LogP contribution in [0.15, 0.2) is 166 Å². The first-order valence-corrected chi connectivity index (χ1v) is 15.7. The molecule has 6 heteroatoms. The number of para-hydroxylation sites is 2. The highest BCUT2D eigenvalue weighted by molar-refractivity contribution is 6.21. The number of benzene rings is 7. The highest BCUT2D eigenvalue weighted by Gasteiger charge is 2.22. The molecule has 4 heterocycles. The molecule has 4 aromatic heterocycles. The van der Waals surface area contributed by atoms with Gasteiger partial charge in [-0.15, -0.1) is 0 Å². The van der Waals surface area contributed by atoms with Crippen molar-refractivity contribution in [2.75, 3.05) is 0 Å². The van der Waals surface area contributed by atoms with E-state index in [4.69, 9.17) is 40.2 Å². The third kappa shape index (κ3) is 4.20. The zero-order valence-electron chi connectivity index (χ0n) is 41.0. The standard InChI is InChI=1S/C45H26N4O2/c1-3-12-27(13-4-1)30-18-11-21-38-40(30)35-23-22-29(26-39(35)50-38)44-46-43(28-14-5-2-6-15-28)47-45(48-44)49-36-19-9-7-16-31(36)33-24-25-34-32-17-8-10-20-37(32)51-42(34)41(33)49/h1-26H/i1D,3D,4D,7D,8D,9D,10D,12D,13D,16D,17D,19D,20D,24D,25D. The summed E-state index contributed by atoms with van der Waals surface area (Å²) in [6.45, 7) is 0. The minimum atomic E-state index is -0.620. The van der Waals surface area contributed by atoms with Gasteiger partial charge in [-0.05, 0) is 47.5 Å². The number of hydrogen-bond donors (Lipinski definition) is 0. The van der Waals surface area contributed by atoms with Crippen molar-refractivity contribution in [1.29, 1.82) is 0 Å². The molecule has 6 nitrogen and oxygen atoms in total. The lowest BCUT2D eigenvalue weighted by Crippen LogP contribution is -2.06. The maximum Gasteiger partial charge on any atom is 0.238 e. The molecule has 51 heavy (non-hydrogen) atoms. The third-order valence-electron chi connectivity index (χ3n) is 8.84. The van der Waals surface area contributed by atoms with Gasteiger partial charge in [-0.2, -0.15) is 9.97 Å². The summed E-state index contributed by atoms with van der Waals surface area (Å²) in [7, 11) is 0. The summed E-state index contributed by atoms with van der Waals surface area (Å²) in [5.41, 5.74) is 1.16. The second kappa shape index (κ2) is 10.7. The lowest BCUT2D eigenvalue weighted by Gasteiger charge is -2.11. The molecule has 0 unspecified atom stereocenters. The zero-order valence-corrected chi connectivity index (χ0v) is 26.0. The Labute approximate surface area is 311 Å². The van der Waals surface area contributed by atoms with Crippen molar-refractivity contribution >= 4 is 65.7 Å². The average molecular weight is 670 g/mol. The van der Waals surface area contributed by atoms with Gasteiger partial charge in [0.05, 0.1) is 26.1 Å². The fourth-order valence-corrected chi connectivity index (χ4v) is 6.63. The second-order valence-electron chi connectivity index (χ2n) is 11.7. The van der Waals surface area contributed by atoms with E-state index in [2.05, 4.69) is 0 Å². The van der Waals surface area contributed by atoms with Crippen LogP contribution in [-0.4, -0.2) is 19.5 Å². The monoisotopic (exact) mass is 669 g/mol. The molecule has 0 amide bonds. The van der Waals surface area contributed by atoms with Crippen LogP contribution < -0.4 is 0 Å². The SMILES string of the molecule is [2H]c1c([2H])c([2H])c(-c2cccc3oc4cc(-c5nc(-c6ccccc6)nc(-n6c7c([2H])c([2H])c([2H])c([2H])c7c7c([2H])c([2H])c8c(oc9c([2H])c([2H])c([2H])c([2H])c98)c76)n5)ccc4c23)c([2H])c1[2H]. The summed E-state index contributed by atoms with van der Waals surface area (Å²) < 4.78 is 144. The molecule has 11 aromatic rings. The van der Waals surface area contributed by atoms with Crippen molar-refractivity contribution in [2.45, 2.75) is 0 Å². The van der Waals surface area contributed by atoms with Gasteiger partial charge in [0, 0.05) is 43.4 Å². The van der Waals surface area contributed by atoms with Crippen molar-refractivity contribution < 1.29 is 29.4 Å². The van der Waals surface area contributed by atoms with E-state index in [0.29, 0.717) is 38.6 Å². The quantitative estimate of drug-likeness (QED) is 0.186. The summed E-state index contributed by atoms with van der Waals surface area (Å²) in [6.07, 6.45) is 0. The minimum Gasteiger partial charge on any atom is -0.456 e. The van der Waals surface area contributed by atoms with E-state index in [9.17, 15) is 4.11 Å². The number of aromatic nitrogens is 4. The molecular weight excluding hydrogens is 629 g/mol. The molecule has 0 saturated carbocycles. The van der Waals surface area contributed by atoms with E-state index in [0.717, 1.165) is 0 Å². The Kier molecular flexibility index (Phi) is 3.59. The van der Waals surface area contributed by atoms with E-state index in [1.54, 1.807) is 66.7 Å². The Balaban J connectivity index is 1.25. The van der Waals surface area contributed by atoms with Crippen molar-refractivity contribution in [2.24, 2.45) is 0 Å². The van der Waals surface area contributed by atoms with Gasteiger partial charge in [-0.1, -0.05) is 121 Å². The zero-order chi connectivity index (χ0) is 46.5. The van der Waals surface area contributed by atoms with Gasteiger partial charge in [0.2, 0.25) is 5.95 Å². The number of nitrogens with zero attached hydrogens (tertiary/aromatic N) is 4. The van der Waals surface area contributed by atoms with Crippen molar-refractivity contribution in [3.63, 3.8) is 0 Å². The highest BCUT2D eigenvalue weighted by atomic mass is 16.3. The molecule has 0 saturated heterocycles. The average Bonchev–Trinajstić information content (AvgIpc) is 4.03. The molecule has 11 rings (SSSR count). The van der Waals surface area contributed by atoms with Gasteiger partial charge in [0.25, 0.3) is 0 Å². The van der Waals surface area contributed by atoms with Crippen LogP contribution in [0.4, 0.5) is 0 Å². The van der Waals surface area contributed by atoms with Crippen LogP contribution in [0.1, 0.15) is 20.6 Å². The Morgan fingerprint density at radius 3 is 2.14 bits per heavy atom. The van der Waals surface area contributed by atoms with Crippen LogP contribution in [0.5, 0.6) is 0 Å². The van der Waals surface area contributed by atoms with Crippen LogP contribution in [0, 0.1) is 0 Å².